The molecule has 170 valence electrons. The third kappa shape index (κ3) is 5.07. The van der Waals surface area contributed by atoms with Crippen LogP contribution in [0.5, 0.6) is 5.75 Å². The third-order valence-corrected chi connectivity index (χ3v) is 7.15. The Labute approximate surface area is 198 Å². The summed E-state index contributed by atoms with van der Waals surface area (Å²) in [5.41, 5.74) is 7.44. The number of primary amides is 1. The van der Waals surface area contributed by atoms with Crippen LogP contribution in [0.3, 0.4) is 0 Å². The number of anilines is 1. The Morgan fingerprint density at radius 1 is 1.21 bits per heavy atom. The first kappa shape index (κ1) is 22.9. The molecule has 0 bridgehead atoms. The minimum absolute atomic E-state index is 0.0572. The lowest BCUT2D eigenvalue weighted by Gasteiger charge is -2.14. The SMILES string of the molecule is COc1ccc(-n2c(SCC(=O)Nc3ccc(C(N)=O)cc3)nc3c(c2=O)SC(C)C3)cc1. The predicted molar refractivity (Wildman–Crippen MR) is 130 cm³/mol. The molecule has 1 unspecified atom stereocenters. The Bertz CT molecular complexity index is 1260. The monoisotopic (exact) mass is 482 g/mol. The standard InChI is InChI=1S/C23H22N4O4S2/c1-13-11-18-20(33-13)22(30)27(16-7-9-17(31-2)10-8-16)23(26-18)32-12-19(28)25-15-5-3-14(4-6-15)21(24)29/h3-10,13H,11-12H2,1-2H3,(H2,24,29)(H,25,28). The van der Waals surface area contributed by atoms with Gasteiger partial charge in [-0.2, -0.15) is 0 Å². The average molecular weight is 483 g/mol. The van der Waals surface area contributed by atoms with Crippen molar-refractivity contribution < 1.29 is 14.3 Å². The number of benzene rings is 2. The summed E-state index contributed by atoms with van der Waals surface area (Å²) in [6.07, 6.45) is 0.713. The van der Waals surface area contributed by atoms with Crippen LogP contribution in [0.1, 0.15) is 23.0 Å². The summed E-state index contributed by atoms with van der Waals surface area (Å²) in [5, 5.41) is 3.51. The number of nitrogens with two attached hydrogens (primary N) is 1. The summed E-state index contributed by atoms with van der Waals surface area (Å²) < 4.78 is 6.76. The van der Waals surface area contributed by atoms with Crippen LogP contribution in [-0.4, -0.2) is 39.5 Å². The zero-order valence-corrected chi connectivity index (χ0v) is 19.7. The number of carbonyl (C=O) groups is 2. The van der Waals surface area contributed by atoms with Crippen LogP contribution in [0, 0.1) is 0 Å². The topological polar surface area (TPSA) is 116 Å². The zero-order chi connectivity index (χ0) is 23.5. The summed E-state index contributed by atoms with van der Waals surface area (Å²) in [7, 11) is 1.58. The molecule has 3 N–H and O–H groups in total. The molecule has 1 aliphatic heterocycles. The number of hydrogen-bond donors (Lipinski definition) is 2. The number of nitrogens with one attached hydrogen (secondary N) is 1. The maximum atomic E-state index is 13.3. The molecule has 0 fully saturated rings. The van der Waals surface area contributed by atoms with Crippen LogP contribution in [0.4, 0.5) is 5.69 Å². The maximum Gasteiger partial charge on any atom is 0.272 e. The summed E-state index contributed by atoms with van der Waals surface area (Å²) in [4.78, 5) is 42.5. The fourth-order valence-corrected chi connectivity index (χ4v) is 5.33. The number of fused-ring (bicyclic) bond motifs is 1. The van der Waals surface area contributed by atoms with Gasteiger partial charge in [-0.3, -0.25) is 19.0 Å². The van der Waals surface area contributed by atoms with Crippen molar-refractivity contribution >= 4 is 41.0 Å². The molecule has 0 radical (unpaired) electrons. The van der Waals surface area contributed by atoms with E-state index in [1.807, 2.05) is 0 Å². The van der Waals surface area contributed by atoms with E-state index in [2.05, 4.69) is 12.2 Å². The molecule has 3 aromatic rings. The predicted octanol–water partition coefficient (Wildman–Crippen LogP) is 3.11. The summed E-state index contributed by atoms with van der Waals surface area (Å²) >= 11 is 2.72. The quantitative estimate of drug-likeness (QED) is 0.393. The summed E-state index contributed by atoms with van der Waals surface area (Å²) in [5.74, 6) is -0.0534. The van der Waals surface area contributed by atoms with E-state index in [1.54, 1.807) is 60.2 Å². The van der Waals surface area contributed by atoms with Crippen LogP contribution >= 0.6 is 23.5 Å². The number of methoxy groups -OCH3 is 1. The van der Waals surface area contributed by atoms with Crippen molar-refractivity contribution in [1.82, 2.24) is 9.55 Å². The third-order valence-electron chi connectivity index (χ3n) is 5.00. The van der Waals surface area contributed by atoms with E-state index in [9.17, 15) is 14.4 Å². The first-order chi connectivity index (χ1) is 15.9. The highest BCUT2D eigenvalue weighted by Gasteiger charge is 2.27. The second-order valence-electron chi connectivity index (χ2n) is 7.42. The molecule has 0 aliphatic carbocycles. The van der Waals surface area contributed by atoms with Crippen LogP contribution in [0.25, 0.3) is 5.69 Å². The molecular formula is C23H22N4O4S2. The lowest BCUT2D eigenvalue weighted by Crippen LogP contribution is -2.24. The number of thioether (sulfide) groups is 2. The highest BCUT2D eigenvalue weighted by Crippen LogP contribution is 2.35. The fraction of sp³-hybridized carbons (Fsp3) is 0.217. The number of rotatable bonds is 7. The van der Waals surface area contributed by atoms with Crippen LogP contribution in [-0.2, 0) is 11.2 Å². The van der Waals surface area contributed by atoms with Gasteiger partial charge in [0.2, 0.25) is 11.8 Å². The van der Waals surface area contributed by atoms with E-state index >= 15 is 0 Å². The van der Waals surface area contributed by atoms with Crippen molar-refractivity contribution in [2.75, 3.05) is 18.2 Å². The van der Waals surface area contributed by atoms with Crippen molar-refractivity contribution in [2.45, 2.75) is 28.6 Å². The van der Waals surface area contributed by atoms with Crippen molar-refractivity contribution in [3.8, 4) is 11.4 Å². The Kier molecular flexibility index (Phi) is 6.75. The summed E-state index contributed by atoms with van der Waals surface area (Å²) in [6, 6.07) is 13.5. The molecule has 1 aromatic heterocycles. The van der Waals surface area contributed by atoms with E-state index in [0.29, 0.717) is 39.2 Å². The first-order valence-corrected chi connectivity index (χ1v) is 12.0. The zero-order valence-electron chi connectivity index (χ0n) is 18.0. The van der Waals surface area contributed by atoms with E-state index in [0.717, 1.165) is 5.69 Å². The van der Waals surface area contributed by atoms with Gasteiger partial charge < -0.3 is 15.8 Å². The van der Waals surface area contributed by atoms with Crippen LogP contribution in [0.2, 0.25) is 0 Å². The molecule has 2 aromatic carbocycles. The second kappa shape index (κ2) is 9.72. The lowest BCUT2D eigenvalue weighted by atomic mass is 10.2. The molecular weight excluding hydrogens is 460 g/mol. The molecule has 2 amide bonds. The number of nitrogens with zero attached hydrogens (tertiary/aromatic N) is 2. The number of aromatic nitrogens is 2. The van der Waals surface area contributed by atoms with E-state index in [4.69, 9.17) is 15.5 Å². The lowest BCUT2D eigenvalue weighted by molar-refractivity contribution is -0.113. The fourth-order valence-electron chi connectivity index (χ4n) is 3.40. The van der Waals surface area contributed by atoms with Crippen molar-refractivity contribution in [2.24, 2.45) is 5.73 Å². The van der Waals surface area contributed by atoms with Gasteiger partial charge in [-0.1, -0.05) is 18.7 Å². The molecule has 33 heavy (non-hydrogen) atoms. The van der Waals surface area contributed by atoms with Gasteiger partial charge in [0, 0.05) is 22.9 Å². The van der Waals surface area contributed by atoms with Gasteiger partial charge in [0.25, 0.3) is 5.56 Å². The van der Waals surface area contributed by atoms with Crippen LogP contribution < -0.4 is 21.3 Å². The van der Waals surface area contributed by atoms with Gasteiger partial charge >= 0.3 is 0 Å². The molecule has 4 rings (SSSR count). The maximum absolute atomic E-state index is 13.3. The van der Waals surface area contributed by atoms with Gasteiger partial charge in [-0.05, 0) is 48.5 Å². The molecule has 1 aliphatic rings. The molecule has 1 atom stereocenters. The second-order valence-corrected chi connectivity index (χ2v) is 9.81. The van der Waals surface area contributed by atoms with Gasteiger partial charge in [-0.15, -0.1) is 11.8 Å². The van der Waals surface area contributed by atoms with E-state index < -0.39 is 5.91 Å². The molecule has 10 heteroatoms. The molecule has 0 saturated carbocycles. The van der Waals surface area contributed by atoms with Gasteiger partial charge in [-0.25, -0.2) is 4.98 Å². The number of amides is 2. The number of carbonyl (C=O) groups excluding carboxylic acids is 2. The highest BCUT2D eigenvalue weighted by atomic mass is 32.2. The van der Waals surface area contributed by atoms with Gasteiger partial charge in [0.05, 0.1) is 29.1 Å². The number of ether oxygens (including phenoxy) is 1. The van der Waals surface area contributed by atoms with Crippen molar-refractivity contribution in [3.05, 3.63) is 70.1 Å². The van der Waals surface area contributed by atoms with Crippen molar-refractivity contribution in [1.29, 1.82) is 0 Å². The van der Waals surface area contributed by atoms with E-state index in [1.165, 1.54) is 23.5 Å². The smallest absolute Gasteiger partial charge is 0.272 e. The van der Waals surface area contributed by atoms with Crippen molar-refractivity contribution in [3.63, 3.8) is 0 Å². The van der Waals surface area contributed by atoms with Crippen LogP contribution in [0.15, 0.2) is 63.4 Å². The summed E-state index contributed by atoms with van der Waals surface area (Å²) in [6.45, 7) is 2.06. The van der Waals surface area contributed by atoms with E-state index in [-0.39, 0.29) is 22.5 Å². The largest absolute Gasteiger partial charge is 0.497 e. The first-order valence-electron chi connectivity index (χ1n) is 10.1. The Hall–Kier alpha value is -3.24. The Balaban J connectivity index is 1.58. The Morgan fingerprint density at radius 2 is 1.91 bits per heavy atom. The van der Waals surface area contributed by atoms with Gasteiger partial charge in [0.1, 0.15) is 5.75 Å². The van der Waals surface area contributed by atoms with Gasteiger partial charge in [0.15, 0.2) is 5.16 Å². The average Bonchev–Trinajstić information content (AvgIpc) is 3.19. The molecule has 0 saturated heterocycles. The molecule has 2 heterocycles. The molecule has 0 spiro atoms. The normalized spacial score (nSPS) is 14.5. The number of hydrogen-bond acceptors (Lipinski definition) is 7. The molecule has 8 nitrogen and oxygen atoms in total. The minimum atomic E-state index is -0.532. The highest BCUT2D eigenvalue weighted by molar-refractivity contribution is 8.00. The Morgan fingerprint density at radius 3 is 2.55 bits per heavy atom. The minimum Gasteiger partial charge on any atom is -0.497 e.